The van der Waals surface area contributed by atoms with Crippen molar-refractivity contribution in [2.45, 2.75) is 20.8 Å². The van der Waals surface area contributed by atoms with Crippen molar-refractivity contribution in [2.75, 3.05) is 0 Å². The van der Waals surface area contributed by atoms with Gasteiger partial charge in [0.2, 0.25) is 5.52 Å². The van der Waals surface area contributed by atoms with Crippen molar-refractivity contribution in [3.63, 3.8) is 0 Å². The van der Waals surface area contributed by atoms with E-state index < -0.39 is 0 Å². The predicted octanol–water partition coefficient (Wildman–Crippen LogP) is 4.01. The van der Waals surface area contributed by atoms with Gasteiger partial charge in [-0.1, -0.05) is 38.7 Å². The molecule has 0 aliphatic heterocycles. The standard InChI is InChI=1S/C16H16NO.C2H6/c1-4-5-8-15-12(2)16-13(10-14(15)11-18)7-6-9-17(16)3;1-2/h4-11H,1H2,2-3H3;1-2H3/q+1;/b8-5-;. The molecule has 0 unspecified atom stereocenters. The lowest BCUT2D eigenvalue weighted by Gasteiger charge is -2.07. The number of hydrogen-bond acceptors (Lipinski definition) is 1. The van der Waals surface area contributed by atoms with Crippen molar-refractivity contribution >= 4 is 23.3 Å². The summed E-state index contributed by atoms with van der Waals surface area (Å²) in [5.74, 6) is 0. The summed E-state index contributed by atoms with van der Waals surface area (Å²) >= 11 is 0. The van der Waals surface area contributed by atoms with Crippen LogP contribution in [0.1, 0.15) is 35.3 Å². The van der Waals surface area contributed by atoms with Crippen molar-refractivity contribution in [1.82, 2.24) is 0 Å². The van der Waals surface area contributed by atoms with Gasteiger partial charge in [0.05, 0.1) is 0 Å². The molecule has 0 bridgehead atoms. The van der Waals surface area contributed by atoms with Gasteiger partial charge in [-0.2, -0.15) is 0 Å². The molecule has 1 aromatic heterocycles. The van der Waals surface area contributed by atoms with Gasteiger partial charge in [-0.15, -0.1) is 0 Å². The van der Waals surface area contributed by atoms with E-state index in [1.807, 2.05) is 64.4 Å². The van der Waals surface area contributed by atoms with Crippen LogP contribution in [0.5, 0.6) is 0 Å². The summed E-state index contributed by atoms with van der Waals surface area (Å²) < 4.78 is 2.07. The maximum Gasteiger partial charge on any atom is 0.215 e. The Morgan fingerprint density at radius 1 is 1.30 bits per heavy atom. The lowest BCUT2D eigenvalue weighted by Crippen LogP contribution is -2.29. The van der Waals surface area contributed by atoms with E-state index in [-0.39, 0.29) is 0 Å². The first-order chi connectivity index (χ1) is 9.69. The van der Waals surface area contributed by atoms with Crippen LogP contribution in [0, 0.1) is 6.92 Å². The molecule has 0 saturated carbocycles. The van der Waals surface area contributed by atoms with Crippen molar-refractivity contribution in [1.29, 1.82) is 0 Å². The molecular weight excluding hydrogens is 246 g/mol. The summed E-state index contributed by atoms with van der Waals surface area (Å²) in [4.78, 5) is 11.2. The molecule has 1 heterocycles. The van der Waals surface area contributed by atoms with E-state index in [0.717, 1.165) is 28.3 Å². The van der Waals surface area contributed by atoms with Gasteiger partial charge < -0.3 is 0 Å². The minimum Gasteiger partial charge on any atom is -0.298 e. The third kappa shape index (κ3) is 3.02. The van der Waals surface area contributed by atoms with Crippen molar-refractivity contribution in [2.24, 2.45) is 7.05 Å². The SMILES string of the molecule is C=C/C=C\c1c(C=O)cc2ccc[n+](C)c2c1C.CC. The molecule has 2 rings (SSSR count). The number of aryl methyl sites for hydroxylation is 2. The van der Waals surface area contributed by atoms with Crippen LogP contribution in [-0.2, 0) is 7.05 Å². The molecule has 2 aromatic rings. The van der Waals surface area contributed by atoms with Crippen LogP contribution in [0.2, 0.25) is 0 Å². The second kappa shape index (κ2) is 7.39. The number of carbonyl (C=O) groups is 1. The molecule has 0 saturated heterocycles. The number of aldehydes is 1. The van der Waals surface area contributed by atoms with Crippen LogP contribution in [0.15, 0.2) is 43.1 Å². The minimum absolute atomic E-state index is 0.712. The monoisotopic (exact) mass is 268 g/mol. The average molecular weight is 268 g/mol. The van der Waals surface area contributed by atoms with Gasteiger partial charge in [0.15, 0.2) is 12.5 Å². The Morgan fingerprint density at radius 3 is 2.60 bits per heavy atom. The lowest BCUT2D eigenvalue weighted by atomic mass is 9.98. The highest BCUT2D eigenvalue weighted by atomic mass is 16.1. The summed E-state index contributed by atoms with van der Waals surface area (Å²) in [6.07, 6.45) is 8.41. The molecule has 0 spiro atoms. The minimum atomic E-state index is 0.712. The molecule has 0 aliphatic rings. The van der Waals surface area contributed by atoms with Gasteiger partial charge in [-0.05, 0) is 24.6 Å². The number of hydrogen-bond donors (Lipinski definition) is 0. The van der Waals surface area contributed by atoms with E-state index in [0.29, 0.717) is 5.56 Å². The van der Waals surface area contributed by atoms with E-state index in [4.69, 9.17) is 0 Å². The fourth-order valence-corrected chi connectivity index (χ4v) is 2.30. The smallest absolute Gasteiger partial charge is 0.215 e. The van der Waals surface area contributed by atoms with Crippen LogP contribution in [-0.4, -0.2) is 6.29 Å². The highest BCUT2D eigenvalue weighted by molar-refractivity contribution is 5.93. The topological polar surface area (TPSA) is 20.9 Å². The second-order valence-electron chi connectivity index (χ2n) is 4.27. The van der Waals surface area contributed by atoms with E-state index >= 15 is 0 Å². The second-order valence-corrected chi connectivity index (χ2v) is 4.27. The molecular formula is C18H22NO+. The van der Waals surface area contributed by atoms with Crippen LogP contribution in [0.25, 0.3) is 17.0 Å². The number of carbonyl (C=O) groups excluding carboxylic acids is 1. The van der Waals surface area contributed by atoms with Crippen molar-refractivity contribution in [3.8, 4) is 0 Å². The van der Waals surface area contributed by atoms with Crippen molar-refractivity contribution < 1.29 is 9.36 Å². The first-order valence-corrected chi connectivity index (χ1v) is 6.85. The number of allylic oxidation sites excluding steroid dienone is 2. The molecule has 2 heteroatoms. The number of benzene rings is 1. The number of rotatable bonds is 3. The zero-order valence-electron chi connectivity index (χ0n) is 12.7. The molecule has 0 aliphatic carbocycles. The van der Waals surface area contributed by atoms with Crippen molar-refractivity contribution in [3.05, 3.63) is 59.8 Å². The lowest BCUT2D eigenvalue weighted by molar-refractivity contribution is -0.645. The molecule has 0 fully saturated rings. The Kier molecular flexibility index (Phi) is 5.85. The normalized spacial score (nSPS) is 10.2. The van der Waals surface area contributed by atoms with Crippen LogP contribution < -0.4 is 4.57 Å². The third-order valence-electron chi connectivity index (χ3n) is 3.12. The Balaban J connectivity index is 0.000000956. The fraction of sp³-hybridized carbons (Fsp3) is 0.222. The molecule has 0 N–H and O–H groups in total. The maximum absolute atomic E-state index is 11.2. The highest BCUT2D eigenvalue weighted by Crippen LogP contribution is 2.23. The van der Waals surface area contributed by atoms with Gasteiger partial charge >= 0.3 is 0 Å². The van der Waals surface area contributed by atoms with E-state index in [1.54, 1.807) is 6.08 Å². The van der Waals surface area contributed by atoms with Gasteiger partial charge in [-0.3, -0.25) is 4.79 Å². The van der Waals surface area contributed by atoms with Crippen LogP contribution in [0.4, 0.5) is 0 Å². The first-order valence-electron chi connectivity index (χ1n) is 6.85. The summed E-state index contributed by atoms with van der Waals surface area (Å²) in [5.41, 5.74) is 3.92. The molecule has 0 amide bonds. The average Bonchev–Trinajstić information content (AvgIpc) is 2.48. The molecule has 2 nitrogen and oxygen atoms in total. The van der Waals surface area contributed by atoms with Gasteiger partial charge in [0.25, 0.3) is 0 Å². The summed E-state index contributed by atoms with van der Waals surface area (Å²) in [6, 6.07) is 5.93. The van der Waals surface area contributed by atoms with Gasteiger partial charge in [-0.25, -0.2) is 4.57 Å². The Bertz CT molecular complexity index is 654. The fourth-order valence-electron chi connectivity index (χ4n) is 2.30. The molecule has 1 aromatic carbocycles. The molecule has 104 valence electrons. The maximum atomic E-state index is 11.2. The van der Waals surface area contributed by atoms with Crippen LogP contribution in [0.3, 0.4) is 0 Å². The Labute approximate surface area is 121 Å². The largest absolute Gasteiger partial charge is 0.298 e. The number of nitrogens with zero attached hydrogens (tertiary/aromatic N) is 1. The summed E-state index contributed by atoms with van der Waals surface area (Å²) in [7, 11) is 2.01. The van der Waals surface area contributed by atoms with Crippen LogP contribution >= 0.6 is 0 Å². The van der Waals surface area contributed by atoms with E-state index in [9.17, 15) is 4.79 Å². The highest BCUT2D eigenvalue weighted by Gasteiger charge is 2.14. The Hall–Kier alpha value is -2.22. The zero-order chi connectivity index (χ0) is 15.1. The summed E-state index contributed by atoms with van der Waals surface area (Å²) in [5, 5.41) is 1.08. The zero-order valence-corrected chi connectivity index (χ0v) is 12.7. The quantitative estimate of drug-likeness (QED) is 0.468. The van der Waals surface area contributed by atoms with Gasteiger partial charge in [0, 0.05) is 22.6 Å². The third-order valence-corrected chi connectivity index (χ3v) is 3.12. The predicted molar refractivity (Wildman–Crippen MR) is 85.8 cm³/mol. The van der Waals surface area contributed by atoms with E-state index in [1.165, 1.54) is 0 Å². The first kappa shape index (κ1) is 15.8. The number of aromatic nitrogens is 1. The van der Waals surface area contributed by atoms with E-state index in [2.05, 4.69) is 11.1 Å². The molecule has 20 heavy (non-hydrogen) atoms. The molecule has 0 radical (unpaired) electrons. The Morgan fingerprint density at radius 2 is 2.00 bits per heavy atom. The van der Waals surface area contributed by atoms with Gasteiger partial charge in [0.1, 0.15) is 7.05 Å². The molecule has 0 atom stereocenters. The summed E-state index contributed by atoms with van der Waals surface area (Å²) in [6.45, 7) is 9.70. The number of pyridine rings is 1. The number of fused-ring (bicyclic) bond motifs is 1.